The molecule has 110 valence electrons. The van der Waals surface area contributed by atoms with Gasteiger partial charge in [-0.2, -0.15) is 0 Å². The van der Waals surface area contributed by atoms with Gasteiger partial charge in [0.25, 0.3) is 0 Å². The van der Waals surface area contributed by atoms with Crippen LogP contribution in [0.4, 0.5) is 0 Å². The number of amides is 2. The molecule has 1 rings (SSSR count). The number of nitrogens with two attached hydrogens (primary N) is 2. The van der Waals surface area contributed by atoms with Gasteiger partial charge < -0.3 is 11.5 Å². The van der Waals surface area contributed by atoms with E-state index >= 15 is 0 Å². The van der Waals surface area contributed by atoms with Crippen LogP contribution in [0.2, 0.25) is 0 Å². The first-order chi connectivity index (χ1) is 9.52. The minimum Gasteiger partial charge on any atom is -0.370 e. The quantitative estimate of drug-likeness (QED) is 0.541. The summed E-state index contributed by atoms with van der Waals surface area (Å²) >= 11 is 1.78. The maximum Gasteiger partial charge on any atom is 0.218 e. The summed E-state index contributed by atoms with van der Waals surface area (Å²) < 4.78 is 0. The molecule has 0 aliphatic heterocycles. The lowest BCUT2D eigenvalue weighted by molar-refractivity contribution is -0.119. The topological polar surface area (TPSA) is 86.2 Å². The van der Waals surface area contributed by atoms with Crippen molar-refractivity contribution in [1.82, 2.24) is 0 Å². The van der Waals surface area contributed by atoms with Gasteiger partial charge in [0.1, 0.15) is 0 Å². The molecule has 0 spiro atoms. The Morgan fingerprint density at radius 2 is 1.85 bits per heavy atom. The van der Waals surface area contributed by atoms with Crippen molar-refractivity contribution in [3.05, 3.63) is 29.8 Å². The van der Waals surface area contributed by atoms with Gasteiger partial charge in [-0.25, -0.2) is 0 Å². The van der Waals surface area contributed by atoms with E-state index < -0.39 is 11.8 Å². The van der Waals surface area contributed by atoms with Crippen LogP contribution in [0.25, 0.3) is 0 Å². The predicted octanol–water partition coefficient (Wildman–Crippen LogP) is 2.41. The first-order valence-corrected chi connectivity index (χ1v) is 7.80. The van der Waals surface area contributed by atoms with Crippen LogP contribution < -0.4 is 11.5 Å². The third-order valence-electron chi connectivity index (χ3n) is 2.99. The molecule has 0 atom stereocenters. The monoisotopic (exact) mass is 294 g/mol. The van der Waals surface area contributed by atoms with E-state index in [4.69, 9.17) is 11.5 Å². The molecule has 0 radical (unpaired) electrons. The van der Waals surface area contributed by atoms with E-state index in [0.29, 0.717) is 0 Å². The molecule has 0 aromatic heterocycles. The van der Waals surface area contributed by atoms with Gasteiger partial charge in [0.05, 0.1) is 0 Å². The molecule has 1 aromatic carbocycles. The second kappa shape index (κ2) is 8.64. The lowest BCUT2D eigenvalue weighted by Gasteiger charge is -2.15. The fraction of sp³-hybridized carbons (Fsp3) is 0.467. The van der Waals surface area contributed by atoms with E-state index in [1.165, 1.54) is 12.8 Å². The van der Waals surface area contributed by atoms with E-state index in [2.05, 4.69) is 6.92 Å². The number of primary amides is 2. The Labute approximate surface area is 124 Å². The van der Waals surface area contributed by atoms with Crippen LogP contribution in [0.15, 0.2) is 29.2 Å². The fourth-order valence-corrected chi connectivity index (χ4v) is 3.05. The standard InChI is InChI=1S/C15H22N2O2S/c1-2-3-7-20-13-6-4-5-11(8-13)12(9-14(16)18)10-15(17)19/h4-6,8,12H,2-3,7,9-10H2,1H3,(H2,16,18)(H2,17,19). The molecule has 0 aliphatic rings. The summed E-state index contributed by atoms with van der Waals surface area (Å²) in [6.45, 7) is 2.16. The van der Waals surface area contributed by atoms with Crippen molar-refractivity contribution >= 4 is 23.6 Å². The van der Waals surface area contributed by atoms with Crippen LogP contribution in [0.3, 0.4) is 0 Å². The highest BCUT2D eigenvalue weighted by Crippen LogP contribution is 2.28. The highest BCUT2D eigenvalue weighted by molar-refractivity contribution is 7.99. The summed E-state index contributed by atoms with van der Waals surface area (Å²) in [4.78, 5) is 23.4. The molecule has 0 heterocycles. The Kier molecular flexibility index (Phi) is 7.15. The van der Waals surface area contributed by atoms with Crippen molar-refractivity contribution in [2.75, 3.05) is 5.75 Å². The lowest BCUT2D eigenvalue weighted by Crippen LogP contribution is -2.20. The summed E-state index contributed by atoms with van der Waals surface area (Å²) in [5.74, 6) is 0.00768. The Hall–Kier alpha value is -1.49. The summed E-state index contributed by atoms with van der Waals surface area (Å²) in [6.07, 6.45) is 2.62. The zero-order valence-electron chi connectivity index (χ0n) is 11.8. The van der Waals surface area contributed by atoms with Crippen molar-refractivity contribution in [2.24, 2.45) is 11.5 Å². The number of hydrogen-bond donors (Lipinski definition) is 2. The minimum atomic E-state index is -0.416. The maximum atomic E-state index is 11.1. The molecular formula is C15H22N2O2S. The van der Waals surface area contributed by atoms with E-state index in [0.717, 1.165) is 16.2 Å². The molecule has 4 nitrogen and oxygen atoms in total. The first kappa shape index (κ1) is 16.6. The molecule has 0 saturated heterocycles. The highest BCUT2D eigenvalue weighted by atomic mass is 32.2. The van der Waals surface area contributed by atoms with Crippen LogP contribution in [0, 0.1) is 0 Å². The fourth-order valence-electron chi connectivity index (χ4n) is 1.99. The SMILES string of the molecule is CCCCSc1cccc(C(CC(N)=O)CC(N)=O)c1. The van der Waals surface area contributed by atoms with Crippen LogP contribution in [0.5, 0.6) is 0 Å². The van der Waals surface area contributed by atoms with Crippen molar-refractivity contribution < 1.29 is 9.59 Å². The number of carbonyl (C=O) groups is 2. The summed E-state index contributed by atoms with van der Waals surface area (Å²) in [5.41, 5.74) is 11.4. The Morgan fingerprint density at radius 1 is 1.20 bits per heavy atom. The number of benzene rings is 1. The molecule has 0 fully saturated rings. The second-order valence-corrected chi connectivity index (χ2v) is 5.98. The number of rotatable bonds is 9. The average Bonchev–Trinajstić information content (AvgIpc) is 2.37. The van der Waals surface area contributed by atoms with Gasteiger partial charge in [-0.3, -0.25) is 9.59 Å². The minimum absolute atomic E-state index is 0.145. The molecule has 4 N–H and O–H groups in total. The molecule has 1 aromatic rings. The molecule has 0 saturated carbocycles. The van der Waals surface area contributed by atoms with E-state index in [1.54, 1.807) is 11.8 Å². The number of hydrogen-bond acceptors (Lipinski definition) is 3. The van der Waals surface area contributed by atoms with Crippen LogP contribution in [-0.2, 0) is 9.59 Å². The smallest absolute Gasteiger partial charge is 0.218 e. The number of thioether (sulfide) groups is 1. The maximum absolute atomic E-state index is 11.1. The van der Waals surface area contributed by atoms with Gasteiger partial charge in [0, 0.05) is 23.7 Å². The van der Waals surface area contributed by atoms with Gasteiger partial charge in [0.15, 0.2) is 0 Å². The number of unbranched alkanes of at least 4 members (excludes halogenated alkanes) is 1. The first-order valence-electron chi connectivity index (χ1n) is 6.82. The largest absolute Gasteiger partial charge is 0.370 e. The molecular weight excluding hydrogens is 272 g/mol. The van der Waals surface area contributed by atoms with Gasteiger partial charge in [-0.05, 0) is 29.9 Å². The summed E-state index contributed by atoms with van der Waals surface area (Å²) in [5, 5.41) is 0. The third-order valence-corrected chi connectivity index (χ3v) is 4.07. The van der Waals surface area contributed by atoms with Gasteiger partial charge in [-0.15, -0.1) is 11.8 Å². The van der Waals surface area contributed by atoms with Gasteiger partial charge >= 0.3 is 0 Å². The molecule has 2 amide bonds. The van der Waals surface area contributed by atoms with Crippen LogP contribution >= 0.6 is 11.8 Å². The Morgan fingerprint density at radius 3 is 2.40 bits per heavy atom. The Balaban J connectivity index is 2.81. The third kappa shape index (κ3) is 6.10. The average molecular weight is 294 g/mol. The summed E-state index contributed by atoms with van der Waals surface area (Å²) in [6, 6.07) is 7.92. The van der Waals surface area contributed by atoms with E-state index in [9.17, 15) is 9.59 Å². The van der Waals surface area contributed by atoms with Crippen molar-refractivity contribution in [1.29, 1.82) is 0 Å². The van der Waals surface area contributed by atoms with Crippen molar-refractivity contribution in [2.45, 2.75) is 43.4 Å². The molecule has 0 unspecified atom stereocenters. The van der Waals surface area contributed by atoms with Crippen molar-refractivity contribution in [3.8, 4) is 0 Å². The number of carbonyl (C=O) groups excluding carboxylic acids is 2. The normalized spacial score (nSPS) is 10.7. The Bertz CT molecular complexity index is 447. The van der Waals surface area contributed by atoms with Crippen LogP contribution in [0.1, 0.15) is 44.1 Å². The van der Waals surface area contributed by atoms with Gasteiger partial charge in [-0.1, -0.05) is 25.5 Å². The molecule has 0 bridgehead atoms. The van der Waals surface area contributed by atoms with Gasteiger partial charge in [0.2, 0.25) is 11.8 Å². The molecule has 0 aliphatic carbocycles. The zero-order valence-corrected chi connectivity index (χ0v) is 12.6. The van der Waals surface area contributed by atoms with Crippen molar-refractivity contribution in [3.63, 3.8) is 0 Å². The predicted molar refractivity (Wildman–Crippen MR) is 82.4 cm³/mol. The van der Waals surface area contributed by atoms with E-state index in [1.807, 2.05) is 24.3 Å². The lowest BCUT2D eigenvalue weighted by atomic mass is 9.92. The zero-order chi connectivity index (χ0) is 15.0. The van der Waals surface area contributed by atoms with Crippen LogP contribution in [-0.4, -0.2) is 17.6 Å². The molecule has 20 heavy (non-hydrogen) atoms. The molecule has 5 heteroatoms. The second-order valence-electron chi connectivity index (χ2n) is 4.81. The summed E-state index contributed by atoms with van der Waals surface area (Å²) in [7, 11) is 0. The highest BCUT2D eigenvalue weighted by Gasteiger charge is 2.17. The van der Waals surface area contributed by atoms with E-state index in [-0.39, 0.29) is 18.8 Å².